The van der Waals surface area contributed by atoms with E-state index in [1.165, 1.54) is 0 Å². The van der Waals surface area contributed by atoms with Crippen molar-refractivity contribution in [1.82, 2.24) is 42.1 Å². The fraction of sp³-hybridized carbons (Fsp3) is 0.857. The molecule has 0 bridgehead atoms. The number of carbonyl (C=O) groups excluding carboxylic acids is 7. The second kappa shape index (κ2) is 48.0. The number of carbonyl (C=O) groups is 7. The molecule has 1 fully saturated rings. The molecule has 0 heterocycles. The molecule has 0 radical (unpaired) electrons. The van der Waals surface area contributed by atoms with E-state index in [-0.39, 0.29) is 98.9 Å². The number of nitrogens with two attached hydrogens (primary N) is 3. The lowest BCUT2D eigenvalue weighted by Gasteiger charge is -2.30. The smallest absolute Gasteiger partial charge is 0.328 e. The van der Waals surface area contributed by atoms with Crippen molar-refractivity contribution in [3.05, 3.63) is 0 Å². The summed E-state index contributed by atoms with van der Waals surface area (Å²) in [5.41, 5.74) is 0. The quantitative estimate of drug-likeness (QED) is 0.0214. The van der Waals surface area contributed by atoms with Crippen molar-refractivity contribution >= 4 is 48.9 Å². The number of nitrogens with one attached hydrogen (secondary N) is 7. The van der Waals surface area contributed by atoms with Crippen molar-refractivity contribution in [3.8, 4) is 0 Å². The van der Waals surface area contributed by atoms with Crippen LogP contribution in [0.4, 0.5) is 0 Å². The molecular formula is C49H96N11O16P. The van der Waals surface area contributed by atoms with Crippen molar-refractivity contribution in [2.75, 3.05) is 125 Å². The fourth-order valence-electron chi connectivity index (χ4n) is 8.02. The molecule has 2 unspecified atom stereocenters. The van der Waals surface area contributed by atoms with Gasteiger partial charge in [0.15, 0.2) is 0 Å². The summed E-state index contributed by atoms with van der Waals surface area (Å²) in [4.78, 5) is 116. The summed E-state index contributed by atoms with van der Waals surface area (Å²) in [6.07, 6.45) is 9.43. The molecule has 0 aromatic carbocycles. The van der Waals surface area contributed by atoms with Crippen LogP contribution in [0.1, 0.15) is 129 Å². The predicted molar refractivity (Wildman–Crippen MR) is 286 cm³/mol. The van der Waals surface area contributed by atoms with E-state index in [4.69, 9.17) is 36.4 Å². The zero-order chi connectivity index (χ0) is 56.6. The Morgan fingerprint density at radius 3 is 1.30 bits per heavy atom. The van der Waals surface area contributed by atoms with E-state index in [1.54, 1.807) is 11.8 Å². The van der Waals surface area contributed by atoms with Crippen LogP contribution in [0.3, 0.4) is 0 Å². The van der Waals surface area contributed by atoms with E-state index >= 15 is 0 Å². The van der Waals surface area contributed by atoms with E-state index in [2.05, 4.69) is 51.7 Å². The van der Waals surface area contributed by atoms with Gasteiger partial charge in [0, 0.05) is 77.2 Å². The van der Waals surface area contributed by atoms with Crippen LogP contribution in [-0.2, 0) is 71.4 Å². The average Bonchev–Trinajstić information content (AvgIpc) is 3.40. The van der Waals surface area contributed by atoms with Gasteiger partial charge < -0.3 is 75.4 Å². The zero-order valence-corrected chi connectivity index (χ0v) is 46.7. The SMILES string of the molecule is CCP(=O)(O)OC1CCC(C(=O)NCCCCC(C(=O)NCCCCCC(=O)NCCOCCON)N(CC(=O)NCCCCCC(=O)NCCOCCON)CC(=O)NCCCCCC(=O)NCCOCCON)CC1. The third-order valence-electron chi connectivity index (χ3n) is 12.3. The Morgan fingerprint density at radius 2 is 0.883 bits per heavy atom. The van der Waals surface area contributed by atoms with Gasteiger partial charge in [0.2, 0.25) is 41.4 Å². The first kappa shape index (κ1) is 71.1. The molecule has 27 nitrogen and oxygen atoms in total. The van der Waals surface area contributed by atoms with Gasteiger partial charge in [-0.25, -0.2) is 17.7 Å². The van der Waals surface area contributed by atoms with Gasteiger partial charge in [-0.1, -0.05) is 26.2 Å². The molecule has 1 aliphatic rings. The minimum atomic E-state index is -3.64. The summed E-state index contributed by atoms with van der Waals surface area (Å²) >= 11 is 0. The van der Waals surface area contributed by atoms with Gasteiger partial charge in [0.1, 0.15) is 0 Å². The van der Waals surface area contributed by atoms with Crippen LogP contribution in [0.5, 0.6) is 0 Å². The highest BCUT2D eigenvalue weighted by molar-refractivity contribution is 7.52. The Morgan fingerprint density at radius 1 is 0.494 bits per heavy atom. The van der Waals surface area contributed by atoms with Crippen LogP contribution in [0, 0.1) is 5.92 Å². The summed E-state index contributed by atoms with van der Waals surface area (Å²) < 4.78 is 33.4. The van der Waals surface area contributed by atoms with E-state index in [1.807, 2.05) is 0 Å². The third kappa shape index (κ3) is 40.8. The Hall–Kier alpha value is -3.96. The Kier molecular flexibility index (Phi) is 44.3. The second-order valence-electron chi connectivity index (χ2n) is 18.7. The Balaban J connectivity index is 2.95. The molecule has 2 atom stereocenters. The van der Waals surface area contributed by atoms with Gasteiger partial charge >= 0.3 is 7.60 Å². The summed E-state index contributed by atoms with van der Waals surface area (Å²) in [7, 11) is -3.64. The highest BCUT2D eigenvalue weighted by Crippen LogP contribution is 2.45. The highest BCUT2D eigenvalue weighted by atomic mass is 31.2. The molecule has 14 N–H and O–H groups in total. The normalized spacial score (nSPS) is 15.5. The monoisotopic (exact) mass is 1130 g/mol. The van der Waals surface area contributed by atoms with Crippen LogP contribution in [0.25, 0.3) is 0 Å². The van der Waals surface area contributed by atoms with Gasteiger partial charge in [0.25, 0.3) is 0 Å². The molecule has 0 spiro atoms. The maximum absolute atomic E-state index is 14.1. The first-order chi connectivity index (χ1) is 37.2. The van der Waals surface area contributed by atoms with Gasteiger partial charge in [-0.2, -0.15) is 0 Å². The van der Waals surface area contributed by atoms with Crippen molar-refractivity contribution in [2.45, 2.75) is 141 Å². The molecule has 0 aliphatic heterocycles. The van der Waals surface area contributed by atoms with Crippen molar-refractivity contribution in [3.63, 3.8) is 0 Å². The van der Waals surface area contributed by atoms with Gasteiger partial charge in [0.05, 0.1) is 84.7 Å². The number of nitrogens with zero attached hydrogens (tertiary/aromatic N) is 1. The molecule has 0 aromatic rings. The first-order valence-corrected chi connectivity index (χ1v) is 29.3. The van der Waals surface area contributed by atoms with E-state index in [0.29, 0.717) is 201 Å². The van der Waals surface area contributed by atoms with Gasteiger partial charge in [-0.3, -0.25) is 43.0 Å². The average molecular weight is 1130 g/mol. The summed E-state index contributed by atoms with van der Waals surface area (Å²) in [5, 5.41) is 20.2. The van der Waals surface area contributed by atoms with Crippen LogP contribution < -0.4 is 54.9 Å². The number of ether oxygens (including phenoxy) is 3. The number of rotatable bonds is 51. The van der Waals surface area contributed by atoms with Crippen LogP contribution >= 0.6 is 7.60 Å². The highest BCUT2D eigenvalue weighted by Gasteiger charge is 2.32. The number of unbranched alkanes of at least 4 members (excludes halogenated alkanes) is 7. The Bertz CT molecular complexity index is 1600. The van der Waals surface area contributed by atoms with Crippen molar-refractivity contribution in [2.24, 2.45) is 23.6 Å². The minimum Gasteiger partial charge on any atom is -0.377 e. The molecule has 7 amide bonds. The zero-order valence-electron chi connectivity index (χ0n) is 45.8. The topological polar surface area (TPSA) is 387 Å². The predicted octanol–water partition coefficient (Wildman–Crippen LogP) is -0.177. The maximum Gasteiger partial charge on any atom is 0.328 e. The second-order valence-corrected chi connectivity index (χ2v) is 20.8. The lowest BCUT2D eigenvalue weighted by molar-refractivity contribution is -0.132. The number of hydrogen-bond donors (Lipinski definition) is 11. The lowest BCUT2D eigenvalue weighted by Crippen LogP contribution is -2.53. The molecule has 1 aliphatic carbocycles. The Labute approximate surface area is 455 Å². The van der Waals surface area contributed by atoms with Gasteiger partial charge in [-0.15, -0.1) is 0 Å². The van der Waals surface area contributed by atoms with Crippen molar-refractivity contribution < 1.29 is 76.3 Å². The molecule has 77 heavy (non-hydrogen) atoms. The minimum absolute atomic E-state index is 0.0212. The number of amides is 7. The van der Waals surface area contributed by atoms with Crippen molar-refractivity contribution in [1.29, 1.82) is 0 Å². The standard InChI is InChI=1S/C49H96N11O16P/c1-2-77(68,69)76-41-20-18-40(19-21-41)48(66)58-25-13-9-14-42(49(67)59-24-12-5-8-17-45(63)57-28-31-72-34-37-75-52)60(38-46(64)53-22-10-3-6-15-43(61)55-26-29-70-32-35-73-50)39-47(65)54-23-11-4-7-16-44(62)56-27-30-71-33-36-74-51/h40-42H,2-39,50-52H2,1H3,(H,53,64)(H,54,65)(H,55,61)(H,56,62)(H,57,63)(H,58,66)(H,59,67)(H,68,69). The first-order valence-electron chi connectivity index (χ1n) is 27.6. The summed E-state index contributed by atoms with van der Waals surface area (Å²) in [6.45, 7) is 6.11. The fourth-order valence-corrected chi connectivity index (χ4v) is 8.85. The number of hydrogen-bond acceptors (Lipinski definition) is 19. The van der Waals surface area contributed by atoms with Gasteiger partial charge in [-0.05, 0) is 83.5 Å². The van der Waals surface area contributed by atoms with Crippen LogP contribution in [0.2, 0.25) is 0 Å². The molecule has 0 aromatic heterocycles. The van der Waals surface area contributed by atoms with E-state index in [9.17, 15) is 43.0 Å². The maximum atomic E-state index is 14.1. The molecular weight excluding hydrogens is 1030 g/mol. The van der Waals surface area contributed by atoms with Crippen LogP contribution in [-0.4, -0.2) is 188 Å². The summed E-state index contributed by atoms with van der Waals surface area (Å²) in [5.74, 6) is 13.1. The molecule has 1 saturated carbocycles. The van der Waals surface area contributed by atoms with Crippen LogP contribution in [0.15, 0.2) is 0 Å². The molecule has 448 valence electrons. The largest absolute Gasteiger partial charge is 0.377 e. The summed E-state index contributed by atoms with van der Waals surface area (Å²) in [6, 6.07) is -0.900. The molecule has 0 saturated heterocycles. The molecule has 1 rings (SSSR count). The van der Waals surface area contributed by atoms with E-state index < -0.39 is 13.6 Å². The molecule has 28 heteroatoms. The van der Waals surface area contributed by atoms with E-state index in [0.717, 1.165) is 0 Å². The third-order valence-corrected chi connectivity index (χ3v) is 13.8. The lowest BCUT2D eigenvalue weighted by atomic mass is 9.87.